The van der Waals surface area contributed by atoms with Crippen LogP contribution in [0.15, 0.2) is 0 Å². The van der Waals surface area contributed by atoms with E-state index < -0.39 is 0 Å². The molecule has 0 spiro atoms. The van der Waals surface area contributed by atoms with E-state index in [2.05, 4.69) is 0 Å². The molecule has 1 fully saturated rings. The lowest BCUT2D eigenvalue weighted by Crippen LogP contribution is -2.11. The van der Waals surface area contributed by atoms with Gasteiger partial charge < -0.3 is 0 Å². The van der Waals surface area contributed by atoms with Crippen molar-refractivity contribution in [3.63, 3.8) is 0 Å². The third-order valence-electron chi connectivity index (χ3n) is 2.64. The summed E-state index contributed by atoms with van der Waals surface area (Å²) >= 11 is 0. The zero-order valence-electron chi connectivity index (χ0n) is 7.44. The van der Waals surface area contributed by atoms with Crippen LogP contribution in [0.3, 0.4) is 0 Å². The summed E-state index contributed by atoms with van der Waals surface area (Å²) in [4.78, 5) is 11.1. The fraction of sp³-hybridized carbons (Fsp3) is 0.900. The molecule has 0 atom stereocenters. The molecule has 0 radical (unpaired) electrons. The average Bonchev–Trinajstić information content (AvgIpc) is 2.06. The average molecular weight is 154 g/mol. The Kier molecular flexibility index (Phi) is 3.61. The molecular formula is C10H18O. The van der Waals surface area contributed by atoms with Crippen LogP contribution in [-0.4, -0.2) is 5.78 Å². The molecule has 1 heteroatoms. The van der Waals surface area contributed by atoms with Crippen molar-refractivity contribution < 1.29 is 4.79 Å². The molecule has 1 nitrogen and oxygen atoms in total. The van der Waals surface area contributed by atoms with E-state index in [0.717, 1.165) is 18.8 Å². The van der Waals surface area contributed by atoms with Crippen molar-refractivity contribution in [1.82, 2.24) is 0 Å². The van der Waals surface area contributed by atoms with E-state index in [1.165, 1.54) is 32.1 Å². The van der Waals surface area contributed by atoms with Crippen molar-refractivity contribution in [1.29, 1.82) is 0 Å². The number of hydrogen-bond acceptors (Lipinski definition) is 1. The smallest absolute Gasteiger partial charge is 0.132 e. The first-order valence-electron chi connectivity index (χ1n) is 4.84. The van der Waals surface area contributed by atoms with Crippen molar-refractivity contribution in [3.05, 3.63) is 0 Å². The van der Waals surface area contributed by atoms with Crippen molar-refractivity contribution in [3.8, 4) is 0 Å². The molecule has 0 heterocycles. The van der Waals surface area contributed by atoms with E-state index in [1.807, 2.05) is 6.92 Å². The first kappa shape index (κ1) is 8.76. The minimum absolute atomic E-state index is 0.455. The Morgan fingerprint density at radius 1 is 1.27 bits per heavy atom. The monoisotopic (exact) mass is 154 g/mol. The molecule has 0 unspecified atom stereocenters. The maximum absolute atomic E-state index is 11.1. The van der Waals surface area contributed by atoms with Crippen LogP contribution >= 0.6 is 0 Å². The number of carbonyl (C=O) groups is 1. The molecule has 1 saturated carbocycles. The van der Waals surface area contributed by atoms with Crippen LogP contribution in [0, 0.1) is 5.92 Å². The molecule has 0 bridgehead atoms. The second kappa shape index (κ2) is 4.53. The summed E-state index contributed by atoms with van der Waals surface area (Å²) in [5.41, 5.74) is 0. The quantitative estimate of drug-likeness (QED) is 0.611. The van der Waals surface area contributed by atoms with Crippen molar-refractivity contribution in [2.24, 2.45) is 5.92 Å². The summed E-state index contributed by atoms with van der Waals surface area (Å²) in [5, 5.41) is 0. The molecule has 0 amide bonds. The predicted molar refractivity (Wildman–Crippen MR) is 46.5 cm³/mol. The summed E-state index contributed by atoms with van der Waals surface area (Å²) < 4.78 is 0. The highest BCUT2D eigenvalue weighted by Gasteiger charge is 2.15. The predicted octanol–water partition coefficient (Wildman–Crippen LogP) is 2.94. The van der Waals surface area contributed by atoms with Crippen LogP contribution in [0.1, 0.15) is 51.9 Å². The molecule has 11 heavy (non-hydrogen) atoms. The van der Waals surface area contributed by atoms with Gasteiger partial charge in [0, 0.05) is 12.8 Å². The number of Topliss-reactive ketones (excluding diaryl/α,β-unsaturated/α-hetero) is 1. The standard InChI is InChI=1S/C10H18O/c1-2-10(11)8-9-6-4-3-5-7-9/h9H,2-8H2,1H3. The van der Waals surface area contributed by atoms with Gasteiger partial charge in [0.2, 0.25) is 0 Å². The van der Waals surface area contributed by atoms with Gasteiger partial charge in [-0.3, -0.25) is 4.79 Å². The maximum atomic E-state index is 11.1. The number of hydrogen-bond donors (Lipinski definition) is 0. The normalized spacial score (nSPS) is 20.1. The van der Waals surface area contributed by atoms with Crippen LogP contribution in [-0.2, 0) is 4.79 Å². The lowest BCUT2D eigenvalue weighted by molar-refractivity contribution is -0.119. The highest BCUT2D eigenvalue weighted by Crippen LogP contribution is 2.26. The van der Waals surface area contributed by atoms with Crippen LogP contribution in [0.4, 0.5) is 0 Å². The maximum Gasteiger partial charge on any atom is 0.132 e. The molecule has 0 aliphatic heterocycles. The van der Waals surface area contributed by atoms with Gasteiger partial charge in [-0.05, 0) is 5.92 Å². The number of ketones is 1. The lowest BCUT2D eigenvalue weighted by Gasteiger charge is -2.20. The summed E-state index contributed by atoms with van der Waals surface area (Å²) in [6, 6.07) is 0. The van der Waals surface area contributed by atoms with Crippen molar-refractivity contribution in [2.45, 2.75) is 51.9 Å². The van der Waals surface area contributed by atoms with E-state index in [-0.39, 0.29) is 0 Å². The van der Waals surface area contributed by atoms with Crippen LogP contribution in [0.25, 0.3) is 0 Å². The van der Waals surface area contributed by atoms with E-state index in [0.29, 0.717) is 5.78 Å². The molecule has 0 N–H and O–H groups in total. The summed E-state index contributed by atoms with van der Waals surface area (Å²) in [6.07, 6.45) is 8.27. The van der Waals surface area contributed by atoms with Gasteiger partial charge in [-0.15, -0.1) is 0 Å². The Balaban J connectivity index is 2.19. The van der Waals surface area contributed by atoms with Crippen LogP contribution < -0.4 is 0 Å². The molecular weight excluding hydrogens is 136 g/mol. The molecule has 0 aromatic carbocycles. The van der Waals surface area contributed by atoms with Crippen LogP contribution in [0.2, 0.25) is 0 Å². The van der Waals surface area contributed by atoms with Gasteiger partial charge >= 0.3 is 0 Å². The van der Waals surface area contributed by atoms with E-state index >= 15 is 0 Å². The number of rotatable bonds is 3. The zero-order valence-corrected chi connectivity index (χ0v) is 7.44. The highest BCUT2D eigenvalue weighted by atomic mass is 16.1. The third kappa shape index (κ3) is 3.04. The molecule has 1 rings (SSSR count). The van der Waals surface area contributed by atoms with Crippen LogP contribution in [0.5, 0.6) is 0 Å². The molecule has 64 valence electrons. The topological polar surface area (TPSA) is 17.1 Å². The summed E-state index contributed by atoms with van der Waals surface area (Å²) in [6.45, 7) is 1.96. The van der Waals surface area contributed by atoms with Gasteiger partial charge in [0.15, 0.2) is 0 Å². The first-order chi connectivity index (χ1) is 5.33. The Hall–Kier alpha value is -0.330. The van der Waals surface area contributed by atoms with Gasteiger partial charge in [-0.1, -0.05) is 39.0 Å². The second-order valence-corrected chi connectivity index (χ2v) is 3.60. The summed E-state index contributed by atoms with van der Waals surface area (Å²) in [7, 11) is 0. The Morgan fingerprint density at radius 2 is 1.91 bits per heavy atom. The van der Waals surface area contributed by atoms with E-state index in [4.69, 9.17) is 0 Å². The minimum atomic E-state index is 0.455. The van der Waals surface area contributed by atoms with Gasteiger partial charge in [0.05, 0.1) is 0 Å². The number of carbonyl (C=O) groups excluding carboxylic acids is 1. The van der Waals surface area contributed by atoms with Crippen molar-refractivity contribution >= 4 is 5.78 Å². The lowest BCUT2D eigenvalue weighted by atomic mass is 9.85. The SMILES string of the molecule is CCC(=O)CC1CCCCC1. The first-order valence-corrected chi connectivity index (χ1v) is 4.84. The Morgan fingerprint density at radius 3 is 2.45 bits per heavy atom. The van der Waals surface area contributed by atoms with Gasteiger partial charge in [0.25, 0.3) is 0 Å². The molecule has 1 aliphatic carbocycles. The van der Waals surface area contributed by atoms with Gasteiger partial charge in [-0.25, -0.2) is 0 Å². The fourth-order valence-electron chi connectivity index (χ4n) is 1.86. The molecule has 0 aromatic rings. The largest absolute Gasteiger partial charge is 0.300 e. The minimum Gasteiger partial charge on any atom is -0.300 e. The molecule has 1 aliphatic rings. The Bertz CT molecular complexity index is 123. The molecule has 0 aromatic heterocycles. The zero-order chi connectivity index (χ0) is 8.10. The highest BCUT2D eigenvalue weighted by molar-refractivity contribution is 5.78. The fourth-order valence-corrected chi connectivity index (χ4v) is 1.86. The second-order valence-electron chi connectivity index (χ2n) is 3.60. The van der Waals surface area contributed by atoms with E-state index in [1.54, 1.807) is 0 Å². The Labute approximate surface area is 69.2 Å². The van der Waals surface area contributed by atoms with Gasteiger partial charge in [0.1, 0.15) is 5.78 Å². The van der Waals surface area contributed by atoms with Crippen molar-refractivity contribution in [2.75, 3.05) is 0 Å². The van der Waals surface area contributed by atoms with E-state index in [9.17, 15) is 4.79 Å². The molecule has 0 saturated heterocycles. The third-order valence-corrected chi connectivity index (χ3v) is 2.64. The van der Waals surface area contributed by atoms with Gasteiger partial charge in [-0.2, -0.15) is 0 Å². The summed E-state index contributed by atoms with van der Waals surface area (Å²) in [5.74, 6) is 1.19.